The van der Waals surface area contributed by atoms with Crippen LogP contribution in [0, 0.1) is 11.7 Å². The molecule has 2 rings (SSSR count). The van der Waals surface area contributed by atoms with Crippen molar-refractivity contribution < 1.29 is 14.0 Å². The molecule has 5 nitrogen and oxygen atoms in total. The second-order valence-electron chi connectivity index (χ2n) is 6.03. The molecule has 2 unspecified atom stereocenters. The lowest BCUT2D eigenvalue weighted by Gasteiger charge is -2.15. The summed E-state index contributed by atoms with van der Waals surface area (Å²) >= 11 is 0. The first-order chi connectivity index (χ1) is 11.9. The Morgan fingerprint density at radius 1 is 1.12 bits per heavy atom. The van der Waals surface area contributed by atoms with E-state index in [2.05, 4.69) is 10.6 Å². The van der Waals surface area contributed by atoms with E-state index in [1.54, 1.807) is 32.0 Å². The number of halogens is 2. The van der Waals surface area contributed by atoms with Crippen LogP contribution in [0.1, 0.15) is 29.8 Å². The van der Waals surface area contributed by atoms with E-state index in [4.69, 9.17) is 5.73 Å². The molecule has 140 valence electrons. The Morgan fingerprint density at radius 3 is 2.46 bits per heavy atom. The number of hydrogen-bond acceptors (Lipinski definition) is 3. The highest BCUT2D eigenvalue weighted by Crippen LogP contribution is 2.13. The first-order valence-corrected chi connectivity index (χ1v) is 8.06. The van der Waals surface area contributed by atoms with Gasteiger partial charge in [0.25, 0.3) is 5.91 Å². The molecule has 0 aromatic heterocycles. The van der Waals surface area contributed by atoms with Gasteiger partial charge in [-0.15, -0.1) is 12.4 Å². The van der Waals surface area contributed by atoms with Crippen molar-refractivity contribution in [1.82, 2.24) is 5.32 Å². The lowest BCUT2D eigenvalue weighted by Crippen LogP contribution is -2.38. The molecule has 0 aliphatic rings. The standard InChI is InChI=1S/C19H22FN3O2.ClH/c1-12(13(2)21)18(24)22-11-14-5-3-8-17(9-14)23-19(25)15-6-4-7-16(20)10-15;/h3-10,12-13H,11,21H2,1-2H3,(H,22,24)(H,23,25);1H. The zero-order valence-corrected chi connectivity index (χ0v) is 15.5. The van der Waals surface area contributed by atoms with Gasteiger partial charge in [-0.1, -0.05) is 25.1 Å². The third-order valence-electron chi connectivity index (χ3n) is 3.94. The molecule has 26 heavy (non-hydrogen) atoms. The summed E-state index contributed by atoms with van der Waals surface area (Å²) in [6.07, 6.45) is 0. The summed E-state index contributed by atoms with van der Waals surface area (Å²) in [4.78, 5) is 24.1. The van der Waals surface area contributed by atoms with Crippen molar-refractivity contribution in [2.24, 2.45) is 11.7 Å². The van der Waals surface area contributed by atoms with Crippen LogP contribution in [0.15, 0.2) is 48.5 Å². The fraction of sp³-hybridized carbons (Fsp3) is 0.263. The van der Waals surface area contributed by atoms with Crippen molar-refractivity contribution in [2.45, 2.75) is 26.4 Å². The first kappa shape index (κ1) is 21.6. The Kier molecular flexibility index (Phi) is 8.22. The number of nitrogens with one attached hydrogen (secondary N) is 2. The van der Waals surface area contributed by atoms with E-state index in [1.165, 1.54) is 24.3 Å². The molecule has 2 aromatic carbocycles. The Hall–Kier alpha value is -2.44. The van der Waals surface area contributed by atoms with Crippen molar-refractivity contribution in [3.63, 3.8) is 0 Å². The van der Waals surface area contributed by atoms with Crippen molar-refractivity contribution in [3.05, 3.63) is 65.5 Å². The van der Waals surface area contributed by atoms with Gasteiger partial charge in [-0.25, -0.2) is 4.39 Å². The van der Waals surface area contributed by atoms with Gasteiger partial charge in [0.05, 0.1) is 0 Å². The Morgan fingerprint density at radius 2 is 1.81 bits per heavy atom. The maximum atomic E-state index is 13.2. The minimum absolute atomic E-state index is 0. The van der Waals surface area contributed by atoms with Gasteiger partial charge in [-0.05, 0) is 42.8 Å². The highest BCUT2D eigenvalue weighted by Gasteiger charge is 2.16. The van der Waals surface area contributed by atoms with Crippen molar-refractivity contribution in [3.8, 4) is 0 Å². The molecule has 0 bridgehead atoms. The first-order valence-electron chi connectivity index (χ1n) is 8.06. The fourth-order valence-electron chi connectivity index (χ4n) is 2.18. The molecule has 0 spiro atoms. The summed E-state index contributed by atoms with van der Waals surface area (Å²) in [5.41, 5.74) is 7.36. The highest BCUT2D eigenvalue weighted by molar-refractivity contribution is 6.04. The van der Waals surface area contributed by atoms with Crippen LogP contribution in [0.4, 0.5) is 10.1 Å². The number of benzene rings is 2. The maximum Gasteiger partial charge on any atom is 0.255 e. The van der Waals surface area contributed by atoms with Gasteiger partial charge in [0.15, 0.2) is 0 Å². The zero-order chi connectivity index (χ0) is 18.4. The molecule has 0 heterocycles. The number of nitrogens with two attached hydrogens (primary N) is 1. The molecular formula is C19H23ClFN3O2. The average Bonchev–Trinajstić information content (AvgIpc) is 2.59. The van der Waals surface area contributed by atoms with Crippen molar-refractivity contribution in [2.75, 3.05) is 5.32 Å². The number of rotatable bonds is 6. The molecule has 7 heteroatoms. The van der Waals surface area contributed by atoms with Gasteiger partial charge < -0.3 is 16.4 Å². The topological polar surface area (TPSA) is 84.2 Å². The molecule has 0 saturated heterocycles. The van der Waals surface area contributed by atoms with E-state index >= 15 is 0 Å². The predicted octanol–water partition coefficient (Wildman–Crippen LogP) is 3.10. The SMILES string of the molecule is CC(N)C(C)C(=O)NCc1cccc(NC(=O)c2cccc(F)c2)c1.Cl. The Bertz CT molecular complexity index is 768. The molecule has 0 saturated carbocycles. The lowest BCUT2D eigenvalue weighted by molar-refractivity contribution is -0.125. The molecule has 2 atom stereocenters. The van der Waals surface area contributed by atoms with Gasteiger partial charge in [0.1, 0.15) is 5.82 Å². The molecule has 2 amide bonds. The summed E-state index contributed by atoms with van der Waals surface area (Å²) in [7, 11) is 0. The van der Waals surface area contributed by atoms with Gasteiger partial charge in [-0.2, -0.15) is 0 Å². The monoisotopic (exact) mass is 379 g/mol. The minimum atomic E-state index is -0.465. The second-order valence-corrected chi connectivity index (χ2v) is 6.03. The Balaban J connectivity index is 0.00000338. The fourth-order valence-corrected chi connectivity index (χ4v) is 2.18. The van der Waals surface area contributed by atoms with Crippen LogP contribution in [0.25, 0.3) is 0 Å². The van der Waals surface area contributed by atoms with Crippen LogP contribution in [0.5, 0.6) is 0 Å². The molecule has 0 radical (unpaired) electrons. The van der Waals surface area contributed by atoms with Crippen LogP contribution in [-0.2, 0) is 11.3 Å². The molecule has 0 fully saturated rings. The normalized spacial score (nSPS) is 12.5. The molecule has 0 aliphatic carbocycles. The third kappa shape index (κ3) is 6.13. The summed E-state index contributed by atoms with van der Waals surface area (Å²) in [5.74, 6) is -1.27. The largest absolute Gasteiger partial charge is 0.352 e. The number of anilines is 1. The summed E-state index contributed by atoms with van der Waals surface area (Å²) in [6, 6.07) is 12.4. The Labute approximate surface area is 158 Å². The third-order valence-corrected chi connectivity index (χ3v) is 3.94. The quantitative estimate of drug-likeness (QED) is 0.721. The van der Waals surface area contributed by atoms with E-state index in [9.17, 15) is 14.0 Å². The van der Waals surface area contributed by atoms with E-state index in [0.717, 1.165) is 5.56 Å². The van der Waals surface area contributed by atoms with Crippen LogP contribution < -0.4 is 16.4 Å². The van der Waals surface area contributed by atoms with Gasteiger partial charge >= 0.3 is 0 Å². The van der Waals surface area contributed by atoms with Gasteiger partial charge in [0, 0.05) is 29.8 Å². The highest BCUT2D eigenvalue weighted by atomic mass is 35.5. The van der Waals surface area contributed by atoms with E-state index < -0.39 is 11.7 Å². The number of carbonyl (C=O) groups excluding carboxylic acids is 2. The summed E-state index contributed by atoms with van der Waals surface area (Å²) in [6.45, 7) is 3.89. The van der Waals surface area contributed by atoms with Crippen LogP contribution >= 0.6 is 12.4 Å². The van der Waals surface area contributed by atoms with Crippen LogP contribution in [0.2, 0.25) is 0 Å². The maximum absolute atomic E-state index is 13.2. The van der Waals surface area contributed by atoms with Gasteiger partial charge in [0.2, 0.25) is 5.91 Å². The zero-order valence-electron chi connectivity index (χ0n) is 14.7. The number of carbonyl (C=O) groups is 2. The number of amides is 2. The van der Waals surface area contributed by atoms with E-state index in [0.29, 0.717) is 12.2 Å². The lowest BCUT2D eigenvalue weighted by atomic mass is 10.0. The summed E-state index contributed by atoms with van der Waals surface area (Å²) < 4.78 is 13.2. The summed E-state index contributed by atoms with van der Waals surface area (Å²) in [5, 5.41) is 5.53. The average molecular weight is 380 g/mol. The van der Waals surface area contributed by atoms with Crippen LogP contribution in [0.3, 0.4) is 0 Å². The van der Waals surface area contributed by atoms with Gasteiger partial charge in [-0.3, -0.25) is 9.59 Å². The smallest absolute Gasteiger partial charge is 0.255 e. The second kappa shape index (κ2) is 9.89. The molecule has 4 N–H and O–H groups in total. The molecule has 0 aliphatic heterocycles. The van der Waals surface area contributed by atoms with Crippen LogP contribution in [-0.4, -0.2) is 17.9 Å². The van der Waals surface area contributed by atoms with E-state index in [1.807, 2.05) is 6.07 Å². The molecule has 2 aromatic rings. The molecular weight excluding hydrogens is 357 g/mol. The predicted molar refractivity (Wildman–Crippen MR) is 103 cm³/mol. The van der Waals surface area contributed by atoms with E-state index in [-0.39, 0.29) is 35.8 Å². The van der Waals surface area contributed by atoms with Crippen molar-refractivity contribution in [1.29, 1.82) is 0 Å². The minimum Gasteiger partial charge on any atom is -0.352 e. The van der Waals surface area contributed by atoms with Crippen molar-refractivity contribution >= 4 is 29.9 Å². The number of hydrogen-bond donors (Lipinski definition) is 3.